The number of rotatable bonds is 5. The number of hydrogen-bond acceptors (Lipinski definition) is 4. The molecular weight excluding hydrogens is 238 g/mol. The van der Waals surface area contributed by atoms with Gasteiger partial charge in [0.05, 0.1) is 17.2 Å². The zero-order valence-electron chi connectivity index (χ0n) is 10.00. The first-order valence-corrected chi connectivity index (χ1v) is 5.76. The van der Waals surface area contributed by atoms with E-state index in [1.54, 1.807) is 7.05 Å². The molecule has 1 aliphatic rings. The topological polar surface area (TPSA) is 97.4 Å². The van der Waals surface area contributed by atoms with Crippen LogP contribution in [0.5, 0.6) is 0 Å². The molecule has 0 bridgehead atoms. The van der Waals surface area contributed by atoms with Gasteiger partial charge in [0.15, 0.2) is 0 Å². The van der Waals surface area contributed by atoms with Gasteiger partial charge in [0, 0.05) is 19.7 Å². The van der Waals surface area contributed by atoms with E-state index in [0.29, 0.717) is 0 Å². The highest BCUT2D eigenvalue weighted by molar-refractivity contribution is 5.93. The van der Waals surface area contributed by atoms with E-state index in [1.807, 2.05) is 0 Å². The Bertz CT molecular complexity index is 479. The van der Waals surface area contributed by atoms with Crippen molar-refractivity contribution in [3.8, 4) is 0 Å². The van der Waals surface area contributed by atoms with E-state index in [0.717, 1.165) is 12.8 Å². The van der Waals surface area contributed by atoms with Gasteiger partial charge in [0.1, 0.15) is 5.69 Å². The van der Waals surface area contributed by atoms with Gasteiger partial charge in [-0.3, -0.25) is 14.9 Å². The largest absolute Gasteiger partial charge is 0.391 e. The van der Waals surface area contributed by atoms with E-state index in [9.17, 15) is 20.0 Å². The Morgan fingerprint density at radius 2 is 2.39 bits per heavy atom. The van der Waals surface area contributed by atoms with Crippen LogP contribution in [0, 0.1) is 16.0 Å². The fraction of sp³-hybridized carbons (Fsp3) is 0.545. The minimum atomic E-state index is -0.546. The summed E-state index contributed by atoms with van der Waals surface area (Å²) in [7, 11) is 1.57. The maximum absolute atomic E-state index is 11.8. The molecule has 0 spiro atoms. The maximum atomic E-state index is 11.8. The molecule has 7 nitrogen and oxygen atoms in total. The van der Waals surface area contributed by atoms with Gasteiger partial charge in [0.2, 0.25) is 0 Å². The van der Waals surface area contributed by atoms with Crippen LogP contribution in [0.3, 0.4) is 0 Å². The molecule has 1 atom stereocenters. The van der Waals surface area contributed by atoms with E-state index in [1.165, 1.54) is 16.8 Å². The Kier molecular flexibility index (Phi) is 3.33. The van der Waals surface area contributed by atoms with Crippen LogP contribution in [0.15, 0.2) is 12.3 Å². The molecule has 1 aromatic rings. The summed E-state index contributed by atoms with van der Waals surface area (Å²) in [4.78, 5) is 21.8. The van der Waals surface area contributed by atoms with Crippen molar-refractivity contribution < 1.29 is 14.8 Å². The van der Waals surface area contributed by atoms with Gasteiger partial charge in [-0.05, 0) is 18.8 Å². The molecule has 2 rings (SSSR count). The predicted molar refractivity (Wildman–Crippen MR) is 63.1 cm³/mol. The van der Waals surface area contributed by atoms with Gasteiger partial charge in [-0.15, -0.1) is 0 Å². The molecule has 0 radical (unpaired) electrons. The van der Waals surface area contributed by atoms with Crippen LogP contribution in [0.25, 0.3) is 0 Å². The molecule has 1 saturated carbocycles. The van der Waals surface area contributed by atoms with Crippen LogP contribution >= 0.6 is 0 Å². The molecule has 0 aromatic carbocycles. The van der Waals surface area contributed by atoms with Gasteiger partial charge < -0.3 is 15.0 Å². The number of amides is 1. The average Bonchev–Trinajstić information content (AvgIpc) is 3.08. The van der Waals surface area contributed by atoms with Crippen molar-refractivity contribution in [2.24, 2.45) is 13.0 Å². The number of aliphatic hydroxyl groups excluding tert-OH is 1. The Morgan fingerprint density at radius 1 is 1.72 bits per heavy atom. The molecule has 1 aromatic heterocycles. The summed E-state index contributed by atoms with van der Waals surface area (Å²) >= 11 is 0. The summed E-state index contributed by atoms with van der Waals surface area (Å²) in [5.41, 5.74) is 0.0927. The number of aromatic nitrogens is 1. The molecule has 0 aliphatic heterocycles. The van der Waals surface area contributed by atoms with Crippen LogP contribution in [0.4, 0.5) is 5.69 Å². The summed E-state index contributed by atoms with van der Waals surface area (Å²) in [5, 5.41) is 22.8. The van der Waals surface area contributed by atoms with Crippen LogP contribution in [0.1, 0.15) is 23.3 Å². The van der Waals surface area contributed by atoms with Gasteiger partial charge >= 0.3 is 0 Å². The number of nitro groups is 1. The number of aryl methyl sites for hydroxylation is 1. The van der Waals surface area contributed by atoms with Gasteiger partial charge in [-0.25, -0.2) is 0 Å². The number of nitrogens with one attached hydrogen (secondary N) is 1. The fourth-order valence-electron chi connectivity index (χ4n) is 1.81. The van der Waals surface area contributed by atoms with Crippen molar-refractivity contribution in [2.75, 3.05) is 6.54 Å². The van der Waals surface area contributed by atoms with E-state index in [2.05, 4.69) is 5.32 Å². The fourth-order valence-corrected chi connectivity index (χ4v) is 1.81. The van der Waals surface area contributed by atoms with Crippen molar-refractivity contribution in [3.63, 3.8) is 0 Å². The Morgan fingerprint density at radius 3 is 2.89 bits per heavy atom. The van der Waals surface area contributed by atoms with E-state index in [-0.39, 0.29) is 23.8 Å². The third kappa shape index (κ3) is 2.67. The van der Waals surface area contributed by atoms with Crippen molar-refractivity contribution >= 4 is 11.6 Å². The second-order valence-electron chi connectivity index (χ2n) is 4.57. The highest BCUT2D eigenvalue weighted by Gasteiger charge is 2.30. The summed E-state index contributed by atoms with van der Waals surface area (Å²) in [6.45, 7) is 0.183. The quantitative estimate of drug-likeness (QED) is 0.587. The van der Waals surface area contributed by atoms with Crippen LogP contribution in [-0.2, 0) is 7.05 Å². The number of carbonyl (C=O) groups is 1. The zero-order valence-corrected chi connectivity index (χ0v) is 10.00. The van der Waals surface area contributed by atoms with Gasteiger partial charge in [-0.2, -0.15) is 0 Å². The first-order chi connectivity index (χ1) is 8.49. The van der Waals surface area contributed by atoms with Gasteiger partial charge in [0.25, 0.3) is 11.6 Å². The minimum absolute atomic E-state index is 0.120. The minimum Gasteiger partial charge on any atom is -0.391 e. The number of aliphatic hydroxyl groups is 1. The second-order valence-corrected chi connectivity index (χ2v) is 4.57. The lowest BCUT2D eigenvalue weighted by Gasteiger charge is -2.10. The molecule has 1 amide bonds. The maximum Gasteiger partial charge on any atom is 0.287 e. The zero-order chi connectivity index (χ0) is 13.3. The molecule has 7 heteroatoms. The summed E-state index contributed by atoms with van der Waals surface area (Å²) in [5.74, 6) is -0.127. The molecule has 1 heterocycles. The van der Waals surface area contributed by atoms with Crippen molar-refractivity contribution in [1.82, 2.24) is 9.88 Å². The van der Waals surface area contributed by atoms with Crippen LogP contribution in [-0.4, -0.2) is 33.2 Å². The molecule has 18 heavy (non-hydrogen) atoms. The number of carbonyl (C=O) groups excluding carboxylic acids is 1. The molecule has 98 valence electrons. The van der Waals surface area contributed by atoms with Crippen LogP contribution in [0.2, 0.25) is 0 Å². The predicted octanol–water partition coefficient (Wildman–Crippen LogP) is 0.434. The first kappa shape index (κ1) is 12.6. The van der Waals surface area contributed by atoms with E-state index in [4.69, 9.17) is 0 Å². The second kappa shape index (κ2) is 4.77. The standard InChI is InChI=1S/C11H15N3O4/c1-13-6-8(14(17)18)4-9(13)11(16)12-5-10(15)7-2-3-7/h4,6-7,10,15H,2-3,5H2,1H3,(H,12,16). The van der Waals surface area contributed by atoms with Crippen molar-refractivity contribution in [2.45, 2.75) is 18.9 Å². The molecule has 1 fully saturated rings. The molecule has 1 aliphatic carbocycles. The Labute approximate surface area is 104 Å². The third-order valence-corrected chi connectivity index (χ3v) is 3.07. The lowest BCUT2D eigenvalue weighted by Crippen LogP contribution is -2.33. The summed E-state index contributed by atoms with van der Waals surface area (Å²) in [6.07, 6.45) is 2.75. The number of nitrogens with zero attached hydrogens (tertiary/aromatic N) is 2. The smallest absolute Gasteiger partial charge is 0.287 e. The lowest BCUT2D eigenvalue weighted by molar-refractivity contribution is -0.384. The normalized spacial score (nSPS) is 16.3. The summed E-state index contributed by atoms with van der Waals surface area (Å²) in [6, 6.07) is 1.22. The number of hydrogen-bond donors (Lipinski definition) is 2. The molecular formula is C11H15N3O4. The highest BCUT2D eigenvalue weighted by Crippen LogP contribution is 2.32. The summed E-state index contributed by atoms with van der Waals surface area (Å²) < 4.78 is 1.40. The Hall–Kier alpha value is -1.89. The Balaban J connectivity index is 1.97. The van der Waals surface area contributed by atoms with Crippen molar-refractivity contribution in [1.29, 1.82) is 0 Å². The van der Waals surface area contributed by atoms with Crippen LogP contribution < -0.4 is 5.32 Å². The van der Waals surface area contributed by atoms with E-state index >= 15 is 0 Å². The molecule has 1 unspecified atom stereocenters. The lowest BCUT2D eigenvalue weighted by atomic mass is 10.2. The average molecular weight is 253 g/mol. The highest BCUT2D eigenvalue weighted by atomic mass is 16.6. The first-order valence-electron chi connectivity index (χ1n) is 5.76. The third-order valence-electron chi connectivity index (χ3n) is 3.07. The molecule has 2 N–H and O–H groups in total. The van der Waals surface area contributed by atoms with E-state index < -0.39 is 16.9 Å². The van der Waals surface area contributed by atoms with Gasteiger partial charge in [-0.1, -0.05) is 0 Å². The van der Waals surface area contributed by atoms with Crippen molar-refractivity contribution in [3.05, 3.63) is 28.1 Å². The SMILES string of the molecule is Cn1cc([N+](=O)[O-])cc1C(=O)NCC(O)C1CC1. The monoisotopic (exact) mass is 253 g/mol. The molecule has 0 saturated heterocycles.